The van der Waals surface area contributed by atoms with Crippen molar-refractivity contribution in [1.82, 2.24) is 0 Å². The molecule has 5 aromatic carbocycles. The SMILES string of the molecule is c1ccc(P2c3cc(C4CCCC4)ccc3N3c4ccc(C5CCCC5)cc4P(c4ccccc4)c4cccc2c43)cc1. The van der Waals surface area contributed by atoms with Gasteiger partial charge in [0, 0.05) is 21.2 Å². The van der Waals surface area contributed by atoms with Crippen LogP contribution in [0, 0.1) is 0 Å². The molecule has 0 aromatic heterocycles. The second-order valence-electron chi connectivity index (χ2n) is 12.8. The summed E-state index contributed by atoms with van der Waals surface area (Å²) in [6, 6.07) is 45.2. The first-order valence-electron chi connectivity index (χ1n) is 16.3. The molecule has 2 unspecified atom stereocenters. The van der Waals surface area contributed by atoms with Gasteiger partial charge in [-0.3, -0.25) is 0 Å². The third-order valence-electron chi connectivity index (χ3n) is 10.3. The summed E-state index contributed by atoms with van der Waals surface area (Å²) in [5.41, 5.74) is 7.36. The van der Waals surface area contributed by atoms with Gasteiger partial charge in [0.2, 0.25) is 0 Å². The fourth-order valence-corrected chi connectivity index (χ4v) is 13.7. The van der Waals surface area contributed by atoms with Crippen molar-refractivity contribution in [3.8, 4) is 0 Å². The number of hydrogen-bond acceptors (Lipinski definition) is 1. The smallest absolute Gasteiger partial charge is 0.0629 e. The molecule has 43 heavy (non-hydrogen) atoms. The van der Waals surface area contributed by atoms with Crippen LogP contribution < -0.4 is 36.7 Å². The lowest BCUT2D eigenvalue weighted by atomic mass is 9.96. The Labute approximate surface area is 258 Å². The number of rotatable bonds is 4. The number of nitrogens with zero attached hydrogens (tertiary/aromatic N) is 1. The Kier molecular flexibility index (Phi) is 6.54. The number of para-hydroxylation sites is 1. The molecule has 0 radical (unpaired) electrons. The van der Waals surface area contributed by atoms with Gasteiger partial charge >= 0.3 is 0 Å². The molecule has 2 aliphatic heterocycles. The summed E-state index contributed by atoms with van der Waals surface area (Å²) < 4.78 is 0. The second kappa shape index (κ2) is 10.7. The van der Waals surface area contributed by atoms with E-state index < -0.39 is 15.8 Å². The van der Waals surface area contributed by atoms with E-state index in [4.69, 9.17) is 0 Å². The van der Waals surface area contributed by atoms with Crippen LogP contribution in [0.4, 0.5) is 17.1 Å². The zero-order chi connectivity index (χ0) is 28.3. The molecular weight excluding hydrogens is 556 g/mol. The zero-order valence-electron chi connectivity index (χ0n) is 24.6. The first-order chi connectivity index (χ1) is 21.3. The van der Waals surface area contributed by atoms with E-state index in [1.54, 1.807) is 11.1 Å². The summed E-state index contributed by atoms with van der Waals surface area (Å²) in [5, 5.41) is 9.02. The maximum absolute atomic E-state index is 2.68. The fourth-order valence-electron chi connectivity index (χ4n) is 8.29. The highest BCUT2D eigenvalue weighted by Gasteiger charge is 2.41. The molecule has 0 spiro atoms. The molecule has 0 amide bonds. The summed E-state index contributed by atoms with van der Waals surface area (Å²) in [6.45, 7) is 0. The van der Waals surface area contributed by atoms with Gasteiger partial charge in [-0.1, -0.05) is 117 Å². The van der Waals surface area contributed by atoms with Gasteiger partial charge in [0.25, 0.3) is 0 Å². The number of hydrogen-bond donors (Lipinski definition) is 0. The number of benzene rings is 5. The van der Waals surface area contributed by atoms with E-state index in [2.05, 4.69) is 120 Å². The minimum Gasteiger partial charge on any atom is -0.308 e. The number of fused-ring (bicyclic) bond motifs is 4. The van der Waals surface area contributed by atoms with Crippen LogP contribution in [-0.4, -0.2) is 0 Å². The number of anilines is 3. The highest BCUT2D eigenvalue weighted by atomic mass is 31.1. The van der Waals surface area contributed by atoms with Crippen molar-refractivity contribution in [2.45, 2.75) is 63.2 Å². The third kappa shape index (κ3) is 4.27. The summed E-state index contributed by atoms with van der Waals surface area (Å²) >= 11 is 0. The highest BCUT2D eigenvalue weighted by Crippen LogP contribution is 2.55. The summed E-state index contributed by atoms with van der Waals surface area (Å²) in [6.07, 6.45) is 10.8. The van der Waals surface area contributed by atoms with Crippen molar-refractivity contribution in [3.63, 3.8) is 0 Å². The zero-order valence-corrected chi connectivity index (χ0v) is 26.4. The molecule has 2 heterocycles. The maximum Gasteiger partial charge on any atom is 0.0629 e. The first kappa shape index (κ1) is 26.2. The Balaban J connectivity index is 1.32. The largest absolute Gasteiger partial charge is 0.308 e. The standard InChI is InChI=1S/C40H37NP2/c1-3-16-32(17-4-1)42-36-20-11-21-37-40(36)41(34-24-22-30(26-38(34)42)28-12-7-8-13-28)35-25-23-31(29-14-9-10-15-29)27-39(35)43(37)33-18-5-2-6-19-33/h1-6,11,16-29H,7-10,12-15H2. The Morgan fingerprint density at radius 1 is 0.442 bits per heavy atom. The third-order valence-corrected chi connectivity index (χ3v) is 15.3. The van der Waals surface area contributed by atoms with Crippen molar-refractivity contribution >= 4 is 64.7 Å². The van der Waals surface area contributed by atoms with Gasteiger partial charge in [0.15, 0.2) is 0 Å². The second-order valence-corrected chi connectivity index (χ2v) is 17.1. The van der Waals surface area contributed by atoms with Gasteiger partial charge in [-0.15, -0.1) is 0 Å². The molecule has 2 aliphatic carbocycles. The van der Waals surface area contributed by atoms with E-state index in [0.29, 0.717) is 11.8 Å². The average Bonchev–Trinajstić information content (AvgIpc) is 3.81. The first-order valence-corrected chi connectivity index (χ1v) is 18.9. The normalized spacial score (nSPS) is 21.0. The van der Waals surface area contributed by atoms with Crippen molar-refractivity contribution < 1.29 is 0 Å². The van der Waals surface area contributed by atoms with E-state index in [1.807, 2.05) is 0 Å². The molecule has 0 N–H and O–H groups in total. The molecule has 0 saturated heterocycles. The quantitative estimate of drug-likeness (QED) is 0.185. The van der Waals surface area contributed by atoms with Gasteiger partial charge < -0.3 is 4.90 Å². The predicted octanol–water partition coefficient (Wildman–Crippen LogP) is 8.61. The van der Waals surface area contributed by atoms with Gasteiger partial charge in [0.1, 0.15) is 0 Å². The van der Waals surface area contributed by atoms with Crippen molar-refractivity contribution in [3.05, 3.63) is 126 Å². The van der Waals surface area contributed by atoms with Crippen molar-refractivity contribution in [2.24, 2.45) is 0 Å². The van der Waals surface area contributed by atoms with Crippen LogP contribution in [0.2, 0.25) is 0 Å². The van der Waals surface area contributed by atoms with Crippen LogP contribution in [0.1, 0.15) is 74.3 Å². The molecule has 1 nitrogen and oxygen atoms in total. The minimum absolute atomic E-state index is 0.666. The molecule has 9 rings (SSSR count). The molecule has 5 aromatic rings. The lowest BCUT2D eigenvalue weighted by molar-refractivity contribution is 0.724. The van der Waals surface area contributed by atoms with Crippen LogP contribution >= 0.6 is 15.8 Å². The van der Waals surface area contributed by atoms with Crippen LogP contribution in [0.15, 0.2) is 115 Å². The molecule has 2 fully saturated rings. The Morgan fingerprint density at radius 2 is 0.884 bits per heavy atom. The van der Waals surface area contributed by atoms with Gasteiger partial charge in [-0.2, -0.15) is 0 Å². The van der Waals surface area contributed by atoms with Crippen LogP contribution in [-0.2, 0) is 0 Å². The molecular formula is C40H37NP2. The molecule has 2 atom stereocenters. The molecule has 212 valence electrons. The Hall–Kier alpha value is -3.24. The molecule has 4 aliphatic rings. The lowest BCUT2D eigenvalue weighted by Crippen LogP contribution is -2.43. The maximum atomic E-state index is 2.68. The van der Waals surface area contributed by atoms with E-state index in [1.165, 1.54) is 100 Å². The molecule has 3 heteroatoms. The Morgan fingerprint density at radius 3 is 1.33 bits per heavy atom. The average molecular weight is 594 g/mol. The summed E-state index contributed by atoms with van der Waals surface area (Å²) in [4.78, 5) is 2.68. The van der Waals surface area contributed by atoms with E-state index >= 15 is 0 Å². The van der Waals surface area contributed by atoms with Gasteiger partial charge in [0.05, 0.1) is 17.1 Å². The lowest BCUT2D eigenvalue weighted by Gasteiger charge is -2.45. The summed E-state index contributed by atoms with van der Waals surface area (Å²) in [7, 11) is -1.33. The highest BCUT2D eigenvalue weighted by molar-refractivity contribution is 7.82. The Bertz CT molecular complexity index is 1670. The fraction of sp³-hybridized carbons (Fsp3) is 0.250. The van der Waals surface area contributed by atoms with Crippen LogP contribution in [0.3, 0.4) is 0 Å². The van der Waals surface area contributed by atoms with E-state index in [9.17, 15) is 0 Å². The minimum atomic E-state index is -0.666. The monoisotopic (exact) mass is 593 g/mol. The van der Waals surface area contributed by atoms with E-state index in [0.717, 1.165) is 0 Å². The predicted molar refractivity (Wildman–Crippen MR) is 188 cm³/mol. The van der Waals surface area contributed by atoms with Crippen molar-refractivity contribution in [2.75, 3.05) is 4.90 Å². The van der Waals surface area contributed by atoms with E-state index in [-0.39, 0.29) is 0 Å². The van der Waals surface area contributed by atoms with Gasteiger partial charge in [-0.05, 0) is 99.4 Å². The molecule has 2 saturated carbocycles. The van der Waals surface area contributed by atoms with Crippen molar-refractivity contribution in [1.29, 1.82) is 0 Å². The summed E-state index contributed by atoms with van der Waals surface area (Å²) in [5.74, 6) is 1.42. The van der Waals surface area contributed by atoms with Gasteiger partial charge in [-0.25, -0.2) is 0 Å². The van der Waals surface area contributed by atoms with Crippen LogP contribution in [0.25, 0.3) is 0 Å². The topological polar surface area (TPSA) is 3.24 Å². The van der Waals surface area contributed by atoms with Crippen LogP contribution in [0.5, 0.6) is 0 Å². The molecule has 0 bridgehead atoms.